The first kappa shape index (κ1) is 7.29. The highest BCUT2D eigenvalue weighted by Gasteiger charge is 2.22. The average molecular weight is 158 g/mol. The average Bonchev–Trinajstić information content (AvgIpc) is 2.40. The number of benzene rings is 1. The van der Waals surface area contributed by atoms with E-state index in [1.807, 2.05) is 0 Å². The lowest BCUT2D eigenvalue weighted by Gasteiger charge is -1.92. The van der Waals surface area contributed by atoms with Crippen LogP contribution in [0.1, 0.15) is 19.4 Å². The number of nitrogens with one attached hydrogen (secondary N) is 1. The van der Waals surface area contributed by atoms with E-state index < -0.39 is 0 Å². The van der Waals surface area contributed by atoms with Gasteiger partial charge in [-0.2, -0.15) is 0 Å². The van der Waals surface area contributed by atoms with Gasteiger partial charge in [0.05, 0.1) is 11.1 Å². The molecule has 0 bridgehead atoms. The van der Waals surface area contributed by atoms with E-state index in [0.29, 0.717) is 0 Å². The zero-order valence-electron chi connectivity index (χ0n) is 7.39. The molecule has 1 aromatic carbocycles. The van der Waals surface area contributed by atoms with Gasteiger partial charge in [0.2, 0.25) is 5.69 Å². The summed E-state index contributed by atoms with van der Waals surface area (Å²) < 4.78 is 0. The molecular weight excluding hydrogens is 146 g/mol. The molecular formula is C11H12N+. The van der Waals surface area contributed by atoms with Crippen molar-refractivity contribution in [1.29, 1.82) is 0 Å². The third-order valence-electron chi connectivity index (χ3n) is 2.23. The summed E-state index contributed by atoms with van der Waals surface area (Å²) in [5.74, 6) is 0. The molecule has 1 aliphatic heterocycles. The van der Waals surface area contributed by atoms with Crippen LogP contribution in [0, 0.1) is 0 Å². The Morgan fingerprint density at radius 2 is 2.00 bits per heavy atom. The van der Waals surface area contributed by atoms with Gasteiger partial charge in [-0.05, 0) is 13.0 Å². The molecule has 2 rings (SSSR count). The maximum atomic E-state index is 3.35. The van der Waals surface area contributed by atoms with Crippen molar-refractivity contribution in [3.05, 3.63) is 35.9 Å². The monoisotopic (exact) mass is 158 g/mol. The molecule has 1 heteroatoms. The Hall–Kier alpha value is -1.37. The van der Waals surface area contributed by atoms with Crippen molar-refractivity contribution in [1.82, 2.24) is 0 Å². The Balaban J connectivity index is 2.65. The molecule has 12 heavy (non-hydrogen) atoms. The first-order valence-corrected chi connectivity index (χ1v) is 4.19. The molecule has 0 saturated heterocycles. The van der Waals surface area contributed by atoms with E-state index in [0.717, 1.165) is 0 Å². The summed E-state index contributed by atoms with van der Waals surface area (Å²) in [6.07, 6.45) is 2.15. The number of hydrogen-bond donors (Lipinski definition) is 1. The normalized spacial score (nSPS) is 17.8. The van der Waals surface area contributed by atoms with Crippen LogP contribution in [0.25, 0.3) is 5.57 Å². The summed E-state index contributed by atoms with van der Waals surface area (Å²) in [5, 5.41) is 0. The van der Waals surface area contributed by atoms with Gasteiger partial charge in [-0.1, -0.05) is 18.2 Å². The second-order valence-corrected chi connectivity index (χ2v) is 3.00. The molecule has 0 radical (unpaired) electrons. The summed E-state index contributed by atoms with van der Waals surface area (Å²) >= 11 is 0. The number of para-hydroxylation sites is 1. The lowest BCUT2D eigenvalue weighted by atomic mass is 10.0. The quantitative estimate of drug-likeness (QED) is 0.584. The highest BCUT2D eigenvalue weighted by atomic mass is 14.8. The third-order valence-corrected chi connectivity index (χ3v) is 2.23. The molecule has 0 amide bonds. The molecule has 0 aromatic heterocycles. The zero-order valence-corrected chi connectivity index (χ0v) is 7.39. The lowest BCUT2D eigenvalue weighted by Crippen LogP contribution is -2.62. The van der Waals surface area contributed by atoms with Crippen molar-refractivity contribution in [2.75, 3.05) is 0 Å². The molecule has 0 aliphatic carbocycles. The van der Waals surface area contributed by atoms with Crippen LogP contribution in [-0.4, -0.2) is 5.71 Å². The molecule has 1 aromatic rings. The van der Waals surface area contributed by atoms with E-state index in [9.17, 15) is 0 Å². The van der Waals surface area contributed by atoms with Gasteiger partial charge in [0.15, 0.2) is 5.71 Å². The van der Waals surface area contributed by atoms with Gasteiger partial charge < -0.3 is 0 Å². The molecule has 0 atom stereocenters. The first-order chi connectivity index (χ1) is 5.83. The number of fused-ring (bicyclic) bond motifs is 1. The van der Waals surface area contributed by atoms with Crippen LogP contribution < -0.4 is 4.99 Å². The van der Waals surface area contributed by atoms with Crippen LogP contribution in [0.15, 0.2) is 30.3 Å². The van der Waals surface area contributed by atoms with Crippen LogP contribution in [-0.2, 0) is 0 Å². The van der Waals surface area contributed by atoms with E-state index in [-0.39, 0.29) is 0 Å². The maximum Gasteiger partial charge on any atom is 0.211 e. The number of hydrogen-bond acceptors (Lipinski definition) is 0. The molecule has 0 spiro atoms. The molecule has 1 heterocycles. The van der Waals surface area contributed by atoms with Crippen LogP contribution in [0.4, 0.5) is 5.69 Å². The van der Waals surface area contributed by atoms with Gasteiger partial charge in [0.1, 0.15) is 0 Å². The minimum Gasteiger partial charge on any atom is -0.208 e. The molecule has 60 valence electrons. The largest absolute Gasteiger partial charge is 0.211 e. The molecule has 1 aliphatic rings. The second-order valence-electron chi connectivity index (χ2n) is 3.00. The summed E-state index contributed by atoms with van der Waals surface area (Å²) in [6, 6.07) is 8.38. The summed E-state index contributed by atoms with van der Waals surface area (Å²) in [5.41, 5.74) is 5.12. The lowest BCUT2D eigenvalue weighted by molar-refractivity contribution is -0.349. The van der Waals surface area contributed by atoms with Crippen LogP contribution in [0.2, 0.25) is 0 Å². The van der Waals surface area contributed by atoms with Crippen molar-refractivity contribution >= 4 is 17.0 Å². The molecule has 0 fully saturated rings. The fraction of sp³-hybridized carbons (Fsp3) is 0.182. The predicted octanol–water partition coefficient (Wildman–Crippen LogP) is 1.28. The Labute approximate surface area is 72.5 Å². The molecule has 0 saturated carbocycles. The van der Waals surface area contributed by atoms with Crippen molar-refractivity contribution in [3.8, 4) is 0 Å². The fourth-order valence-electron chi connectivity index (χ4n) is 1.67. The SMILES string of the molecule is C/C=C1\C(C)=[NH+]c2ccccc21. The van der Waals surface area contributed by atoms with Gasteiger partial charge in [0.25, 0.3) is 0 Å². The molecule has 0 unspecified atom stereocenters. The Kier molecular flexibility index (Phi) is 1.58. The highest BCUT2D eigenvalue weighted by Crippen LogP contribution is 2.23. The second kappa shape index (κ2) is 2.59. The van der Waals surface area contributed by atoms with Crippen molar-refractivity contribution in [2.45, 2.75) is 13.8 Å². The van der Waals surface area contributed by atoms with Crippen LogP contribution in [0.3, 0.4) is 0 Å². The van der Waals surface area contributed by atoms with Gasteiger partial charge in [-0.15, -0.1) is 0 Å². The zero-order chi connectivity index (χ0) is 8.55. The molecule has 1 N–H and O–H groups in total. The summed E-state index contributed by atoms with van der Waals surface area (Å²) in [4.78, 5) is 3.35. The van der Waals surface area contributed by atoms with Crippen molar-refractivity contribution in [3.63, 3.8) is 0 Å². The van der Waals surface area contributed by atoms with Gasteiger partial charge in [-0.3, -0.25) is 0 Å². The summed E-state index contributed by atoms with van der Waals surface area (Å²) in [6.45, 7) is 4.18. The number of rotatable bonds is 0. The van der Waals surface area contributed by atoms with Crippen LogP contribution in [0.5, 0.6) is 0 Å². The van der Waals surface area contributed by atoms with E-state index in [2.05, 4.69) is 49.2 Å². The minimum absolute atomic E-state index is 1.23. The predicted molar refractivity (Wildman–Crippen MR) is 51.4 cm³/mol. The van der Waals surface area contributed by atoms with Crippen molar-refractivity contribution in [2.24, 2.45) is 0 Å². The smallest absolute Gasteiger partial charge is 0.208 e. The summed E-state index contributed by atoms with van der Waals surface area (Å²) in [7, 11) is 0. The Morgan fingerprint density at radius 1 is 1.25 bits per heavy atom. The minimum atomic E-state index is 1.23. The maximum absolute atomic E-state index is 3.35. The Bertz CT molecular complexity index is 372. The molecule has 1 nitrogen and oxygen atoms in total. The third kappa shape index (κ3) is 0.900. The van der Waals surface area contributed by atoms with E-state index in [1.54, 1.807) is 0 Å². The van der Waals surface area contributed by atoms with E-state index in [4.69, 9.17) is 0 Å². The highest BCUT2D eigenvalue weighted by molar-refractivity contribution is 6.22. The van der Waals surface area contributed by atoms with Gasteiger partial charge in [-0.25, -0.2) is 4.99 Å². The number of allylic oxidation sites excluding steroid dienone is 2. The Morgan fingerprint density at radius 3 is 2.75 bits per heavy atom. The van der Waals surface area contributed by atoms with Gasteiger partial charge in [0, 0.05) is 13.0 Å². The topological polar surface area (TPSA) is 14.0 Å². The first-order valence-electron chi connectivity index (χ1n) is 4.19. The fourth-order valence-corrected chi connectivity index (χ4v) is 1.67. The standard InChI is InChI=1S/C11H11N/c1-3-9-8(2)12-11-7-5-4-6-10(9)11/h3-7H,1-2H3/p+1/b9-3+. The van der Waals surface area contributed by atoms with Crippen molar-refractivity contribution < 1.29 is 4.99 Å². The van der Waals surface area contributed by atoms with E-state index in [1.165, 1.54) is 22.5 Å². The van der Waals surface area contributed by atoms with E-state index >= 15 is 0 Å². The van der Waals surface area contributed by atoms with Crippen LogP contribution >= 0.6 is 0 Å². The van der Waals surface area contributed by atoms with Gasteiger partial charge >= 0.3 is 0 Å².